The standard InChI is InChI=1S/C19H31ClN2O2Si/c1-19(2,3)25(4,5)24-17-11-6-8-14(17)12-18(22-23)21-16-10-7-9-15(20)13-16/h7,9-10,13-14,17,23H,6,8,11-12H2,1-5H3,(H,21,22). The van der Waals surface area contributed by atoms with Gasteiger partial charge in [0.15, 0.2) is 8.32 Å². The summed E-state index contributed by atoms with van der Waals surface area (Å²) >= 11 is 6.01. The average Bonchev–Trinajstić information content (AvgIpc) is 2.91. The second kappa shape index (κ2) is 8.21. The molecule has 4 nitrogen and oxygen atoms in total. The van der Waals surface area contributed by atoms with E-state index in [-0.39, 0.29) is 11.1 Å². The number of hydroxylamine groups is 1. The Morgan fingerprint density at radius 3 is 2.68 bits per heavy atom. The summed E-state index contributed by atoms with van der Waals surface area (Å²) in [4.78, 5) is 4.51. The maximum Gasteiger partial charge on any atom is 0.192 e. The van der Waals surface area contributed by atoms with E-state index < -0.39 is 8.32 Å². The zero-order chi connectivity index (χ0) is 18.7. The predicted molar refractivity (Wildman–Crippen MR) is 107 cm³/mol. The first-order valence-electron chi connectivity index (χ1n) is 9.03. The number of hydrogen-bond acceptors (Lipinski definition) is 3. The van der Waals surface area contributed by atoms with Gasteiger partial charge in [0, 0.05) is 17.5 Å². The van der Waals surface area contributed by atoms with Gasteiger partial charge in [-0.3, -0.25) is 10.7 Å². The van der Waals surface area contributed by atoms with Gasteiger partial charge in [-0.05, 0) is 55.1 Å². The Hall–Kier alpha value is -0.883. The maximum absolute atomic E-state index is 9.52. The third-order valence-corrected chi connectivity index (χ3v) is 10.2. The lowest BCUT2D eigenvalue weighted by Crippen LogP contribution is -2.45. The van der Waals surface area contributed by atoms with Crippen molar-refractivity contribution in [2.75, 3.05) is 0 Å². The molecule has 2 N–H and O–H groups in total. The Kier molecular flexibility index (Phi) is 6.71. The van der Waals surface area contributed by atoms with E-state index in [1.807, 2.05) is 18.2 Å². The minimum atomic E-state index is -1.79. The number of halogens is 1. The number of rotatable bonds is 5. The molecule has 25 heavy (non-hydrogen) atoms. The van der Waals surface area contributed by atoms with Crippen LogP contribution >= 0.6 is 11.6 Å². The number of aliphatic imine (C=N–C) groups is 1. The van der Waals surface area contributed by atoms with Crippen LogP contribution in [-0.4, -0.2) is 25.5 Å². The first-order valence-corrected chi connectivity index (χ1v) is 12.3. The van der Waals surface area contributed by atoms with Gasteiger partial charge in [-0.25, -0.2) is 4.99 Å². The van der Waals surface area contributed by atoms with Crippen LogP contribution in [-0.2, 0) is 4.43 Å². The lowest BCUT2D eigenvalue weighted by atomic mass is 10.0. The van der Waals surface area contributed by atoms with Crippen molar-refractivity contribution in [2.45, 2.75) is 70.7 Å². The van der Waals surface area contributed by atoms with Crippen LogP contribution in [0, 0.1) is 5.92 Å². The highest BCUT2D eigenvalue weighted by atomic mass is 35.5. The highest BCUT2D eigenvalue weighted by Gasteiger charge is 2.42. The van der Waals surface area contributed by atoms with Crippen molar-refractivity contribution in [1.82, 2.24) is 5.48 Å². The lowest BCUT2D eigenvalue weighted by Gasteiger charge is -2.40. The van der Waals surface area contributed by atoms with E-state index >= 15 is 0 Å². The van der Waals surface area contributed by atoms with Crippen LogP contribution in [0.25, 0.3) is 0 Å². The number of nitrogens with zero attached hydrogens (tertiary/aromatic N) is 1. The molecule has 0 radical (unpaired) electrons. The van der Waals surface area contributed by atoms with Gasteiger partial charge in [0.25, 0.3) is 0 Å². The monoisotopic (exact) mass is 382 g/mol. The SMILES string of the molecule is CC(C)(C)[Si](C)(C)OC1CCCC1CC(=Nc1cccc(Cl)c1)NO. The molecule has 0 saturated heterocycles. The molecule has 0 aliphatic heterocycles. The molecule has 0 aromatic heterocycles. The summed E-state index contributed by atoms with van der Waals surface area (Å²) in [5, 5.41) is 10.4. The van der Waals surface area contributed by atoms with Crippen LogP contribution in [0.15, 0.2) is 29.3 Å². The zero-order valence-corrected chi connectivity index (χ0v) is 17.7. The molecular weight excluding hydrogens is 352 g/mol. The van der Waals surface area contributed by atoms with Crippen LogP contribution in [0.5, 0.6) is 0 Å². The van der Waals surface area contributed by atoms with E-state index in [4.69, 9.17) is 16.0 Å². The summed E-state index contributed by atoms with van der Waals surface area (Å²) in [6.45, 7) is 11.4. The predicted octanol–water partition coefficient (Wildman–Crippen LogP) is 5.93. The van der Waals surface area contributed by atoms with Crippen LogP contribution in [0.3, 0.4) is 0 Å². The Balaban J connectivity index is 2.09. The highest BCUT2D eigenvalue weighted by molar-refractivity contribution is 6.74. The molecule has 2 rings (SSSR count). The van der Waals surface area contributed by atoms with Gasteiger partial charge in [-0.2, -0.15) is 0 Å². The summed E-state index contributed by atoms with van der Waals surface area (Å²) in [5.41, 5.74) is 3.01. The van der Waals surface area contributed by atoms with Crippen molar-refractivity contribution in [3.63, 3.8) is 0 Å². The Labute approximate surface area is 157 Å². The third kappa shape index (κ3) is 5.54. The molecule has 6 heteroatoms. The third-order valence-electron chi connectivity index (χ3n) is 5.50. The first kappa shape index (κ1) is 20.4. The Morgan fingerprint density at radius 1 is 1.36 bits per heavy atom. The smallest absolute Gasteiger partial charge is 0.192 e. The molecule has 1 aromatic carbocycles. The van der Waals surface area contributed by atoms with Crippen molar-refractivity contribution in [1.29, 1.82) is 0 Å². The van der Waals surface area contributed by atoms with Gasteiger partial charge >= 0.3 is 0 Å². The van der Waals surface area contributed by atoms with Gasteiger partial charge in [-0.15, -0.1) is 0 Å². The molecule has 0 bridgehead atoms. The van der Waals surface area contributed by atoms with E-state index in [9.17, 15) is 5.21 Å². The fourth-order valence-electron chi connectivity index (χ4n) is 3.01. The van der Waals surface area contributed by atoms with Gasteiger partial charge in [0.2, 0.25) is 0 Å². The van der Waals surface area contributed by atoms with Crippen molar-refractivity contribution >= 4 is 31.4 Å². The minimum Gasteiger partial charge on any atom is -0.414 e. The molecule has 1 aliphatic rings. The molecule has 0 spiro atoms. The summed E-state index contributed by atoms with van der Waals surface area (Å²) in [6.07, 6.45) is 4.30. The summed E-state index contributed by atoms with van der Waals surface area (Å²) < 4.78 is 6.64. The van der Waals surface area contributed by atoms with E-state index in [0.717, 1.165) is 18.5 Å². The van der Waals surface area contributed by atoms with Crippen molar-refractivity contribution in [3.8, 4) is 0 Å². The van der Waals surface area contributed by atoms with Crippen molar-refractivity contribution in [3.05, 3.63) is 29.3 Å². The zero-order valence-electron chi connectivity index (χ0n) is 16.0. The normalized spacial score (nSPS) is 22.3. The molecule has 1 aliphatic carbocycles. The molecule has 2 atom stereocenters. The molecule has 1 fully saturated rings. The first-order chi connectivity index (χ1) is 11.6. The Bertz CT molecular complexity index is 614. The fraction of sp³-hybridized carbons (Fsp3) is 0.632. The van der Waals surface area contributed by atoms with Gasteiger partial charge < -0.3 is 4.43 Å². The van der Waals surface area contributed by atoms with Gasteiger partial charge in [0.1, 0.15) is 5.84 Å². The van der Waals surface area contributed by atoms with E-state index in [0.29, 0.717) is 23.2 Å². The molecule has 0 amide bonds. The van der Waals surface area contributed by atoms with Crippen LogP contribution in [0.1, 0.15) is 46.5 Å². The molecular formula is C19H31ClN2O2Si. The maximum atomic E-state index is 9.52. The summed E-state index contributed by atoms with van der Waals surface area (Å²) in [6, 6.07) is 7.33. The van der Waals surface area contributed by atoms with Crippen molar-refractivity contribution in [2.24, 2.45) is 10.9 Å². The molecule has 1 saturated carbocycles. The van der Waals surface area contributed by atoms with E-state index in [1.54, 1.807) is 6.07 Å². The highest BCUT2D eigenvalue weighted by Crippen LogP contribution is 2.41. The minimum absolute atomic E-state index is 0.201. The second-order valence-corrected chi connectivity index (χ2v) is 13.7. The fourth-order valence-corrected chi connectivity index (χ4v) is 4.62. The molecule has 0 heterocycles. The van der Waals surface area contributed by atoms with Crippen LogP contribution in [0.4, 0.5) is 5.69 Å². The average molecular weight is 383 g/mol. The van der Waals surface area contributed by atoms with Crippen LogP contribution < -0.4 is 5.48 Å². The number of hydrogen-bond donors (Lipinski definition) is 2. The topological polar surface area (TPSA) is 53.8 Å². The molecule has 2 unspecified atom stereocenters. The van der Waals surface area contributed by atoms with E-state index in [2.05, 4.69) is 44.3 Å². The lowest BCUT2D eigenvalue weighted by molar-refractivity contribution is 0.140. The van der Waals surface area contributed by atoms with Gasteiger partial charge in [-0.1, -0.05) is 44.9 Å². The molecule has 140 valence electrons. The van der Waals surface area contributed by atoms with E-state index in [1.165, 1.54) is 6.42 Å². The summed E-state index contributed by atoms with van der Waals surface area (Å²) in [7, 11) is -1.79. The number of amidine groups is 1. The van der Waals surface area contributed by atoms with Gasteiger partial charge in [0.05, 0.1) is 5.69 Å². The quantitative estimate of drug-likeness (QED) is 0.287. The van der Waals surface area contributed by atoms with Crippen LogP contribution in [0.2, 0.25) is 23.2 Å². The number of nitrogens with one attached hydrogen (secondary N) is 1. The van der Waals surface area contributed by atoms with Crippen molar-refractivity contribution < 1.29 is 9.63 Å². The molecule has 1 aromatic rings. The Morgan fingerprint density at radius 2 is 2.08 bits per heavy atom. The largest absolute Gasteiger partial charge is 0.414 e. The number of benzene rings is 1. The second-order valence-electron chi connectivity index (χ2n) is 8.46. The summed E-state index contributed by atoms with van der Waals surface area (Å²) in [5.74, 6) is 0.949.